The van der Waals surface area contributed by atoms with Crippen molar-refractivity contribution >= 4 is 17.8 Å². The number of aliphatic imine (C=N–C) groups is 1. The Hall–Kier alpha value is -2.37. The van der Waals surface area contributed by atoms with Crippen molar-refractivity contribution in [3.63, 3.8) is 0 Å². The third kappa shape index (κ3) is 2.29. The average Bonchev–Trinajstić information content (AvgIpc) is 2.36. The lowest BCUT2D eigenvalue weighted by Crippen LogP contribution is -2.47. The maximum atomic E-state index is 11.9. The molecule has 0 bridgehead atoms. The van der Waals surface area contributed by atoms with Gasteiger partial charge in [0.05, 0.1) is 12.0 Å². The number of amides is 2. The van der Waals surface area contributed by atoms with Gasteiger partial charge in [-0.15, -0.1) is 0 Å². The Bertz CT molecular complexity index is 582. The van der Waals surface area contributed by atoms with Crippen LogP contribution in [-0.2, 0) is 10.3 Å². The predicted octanol–water partition coefficient (Wildman–Crippen LogP) is 0.178. The van der Waals surface area contributed by atoms with Gasteiger partial charge >= 0.3 is 0 Å². The zero-order valence-electron chi connectivity index (χ0n) is 10.9. The number of rotatable bonds is 2. The molecular weight excluding hydrogens is 244 g/mol. The molecule has 4 N–H and O–H groups in total. The molecule has 0 fully saturated rings. The van der Waals surface area contributed by atoms with Gasteiger partial charge in [-0.2, -0.15) is 0 Å². The standard InChI is InChI=1S/C13H16N4O2/c1-13(7-10(18)17(2)12(15)16-13)9-5-3-4-8(6-9)11(14)19/h3-6H,7H2,1-2H3,(H2,14,19)(H2,15,16)/t13-/m1/s1. The number of nitrogens with zero attached hydrogens (tertiary/aromatic N) is 2. The van der Waals surface area contributed by atoms with Gasteiger partial charge in [-0.25, -0.2) is 4.99 Å². The van der Waals surface area contributed by atoms with Gasteiger partial charge in [-0.3, -0.25) is 14.5 Å². The van der Waals surface area contributed by atoms with Crippen molar-refractivity contribution in [3.8, 4) is 0 Å². The quantitative estimate of drug-likeness (QED) is 0.792. The van der Waals surface area contributed by atoms with Crippen LogP contribution in [0.25, 0.3) is 0 Å². The molecule has 1 heterocycles. The van der Waals surface area contributed by atoms with Crippen LogP contribution in [0.5, 0.6) is 0 Å². The first kappa shape index (κ1) is 13.1. The maximum Gasteiger partial charge on any atom is 0.248 e. The minimum atomic E-state index is -0.765. The van der Waals surface area contributed by atoms with Crippen LogP contribution in [0.2, 0.25) is 0 Å². The second kappa shape index (κ2) is 4.38. The molecule has 100 valence electrons. The summed E-state index contributed by atoms with van der Waals surface area (Å²) in [4.78, 5) is 28.8. The van der Waals surface area contributed by atoms with E-state index in [1.807, 2.05) is 13.0 Å². The monoisotopic (exact) mass is 260 g/mol. The van der Waals surface area contributed by atoms with Gasteiger partial charge < -0.3 is 11.5 Å². The molecule has 0 aromatic heterocycles. The summed E-state index contributed by atoms with van der Waals surface area (Å²) in [5.74, 6) is -0.454. The normalized spacial score (nSPS) is 23.2. The molecule has 1 aliphatic rings. The molecule has 0 saturated heterocycles. The summed E-state index contributed by atoms with van der Waals surface area (Å²) in [6, 6.07) is 6.80. The van der Waals surface area contributed by atoms with Crippen molar-refractivity contribution in [2.75, 3.05) is 7.05 Å². The number of carbonyl (C=O) groups is 2. The molecule has 1 atom stereocenters. The molecule has 0 unspecified atom stereocenters. The SMILES string of the molecule is CN1C(=O)C[C@](C)(c2cccc(C(N)=O)c2)N=C1N. The first-order valence-electron chi connectivity index (χ1n) is 5.86. The van der Waals surface area contributed by atoms with Crippen LogP contribution in [-0.4, -0.2) is 29.7 Å². The molecule has 1 aromatic carbocycles. The van der Waals surface area contributed by atoms with E-state index in [-0.39, 0.29) is 18.3 Å². The summed E-state index contributed by atoms with van der Waals surface area (Å²) >= 11 is 0. The van der Waals surface area contributed by atoms with E-state index in [0.29, 0.717) is 5.56 Å². The van der Waals surface area contributed by atoms with Crippen molar-refractivity contribution in [2.24, 2.45) is 16.5 Å². The first-order valence-corrected chi connectivity index (χ1v) is 5.86. The predicted molar refractivity (Wildman–Crippen MR) is 71.3 cm³/mol. The van der Waals surface area contributed by atoms with Gasteiger partial charge in [-0.1, -0.05) is 12.1 Å². The van der Waals surface area contributed by atoms with Crippen LogP contribution >= 0.6 is 0 Å². The van der Waals surface area contributed by atoms with Crippen molar-refractivity contribution in [1.82, 2.24) is 4.90 Å². The largest absolute Gasteiger partial charge is 0.369 e. The number of primary amides is 1. The summed E-state index contributed by atoms with van der Waals surface area (Å²) in [6.45, 7) is 1.81. The molecule has 0 spiro atoms. The first-order chi connectivity index (χ1) is 8.83. The molecule has 2 amide bonds. The van der Waals surface area contributed by atoms with E-state index in [0.717, 1.165) is 5.56 Å². The molecule has 2 rings (SSSR count). The topological polar surface area (TPSA) is 102 Å². The Kier molecular flexibility index (Phi) is 3.01. The van der Waals surface area contributed by atoms with Crippen LogP contribution in [0, 0.1) is 0 Å². The zero-order valence-corrected chi connectivity index (χ0v) is 10.9. The van der Waals surface area contributed by atoms with Gasteiger partial charge in [0.1, 0.15) is 0 Å². The van der Waals surface area contributed by atoms with Gasteiger partial charge in [0, 0.05) is 12.6 Å². The lowest BCUT2D eigenvalue weighted by atomic mass is 9.86. The van der Waals surface area contributed by atoms with Gasteiger partial charge in [0.15, 0.2) is 5.96 Å². The van der Waals surface area contributed by atoms with E-state index in [1.54, 1.807) is 25.2 Å². The summed E-state index contributed by atoms with van der Waals surface area (Å²) in [5, 5.41) is 0. The smallest absolute Gasteiger partial charge is 0.248 e. The minimum Gasteiger partial charge on any atom is -0.369 e. The minimum absolute atomic E-state index is 0.112. The second-order valence-corrected chi connectivity index (χ2v) is 4.82. The second-order valence-electron chi connectivity index (χ2n) is 4.82. The van der Waals surface area contributed by atoms with Crippen LogP contribution in [0.4, 0.5) is 0 Å². The lowest BCUT2D eigenvalue weighted by Gasteiger charge is -2.33. The molecule has 0 radical (unpaired) electrons. The molecule has 6 heteroatoms. The van der Waals surface area contributed by atoms with E-state index in [9.17, 15) is 9.59 Å². The van der Waals surface area contributed by atoms with Crippen LogP contribution in [0.15, 0.2) is 29.3 Å². The number of hydrogen-bond donors (Lipinski definition) is 2. The molecular formula is C13H16N4O2. The van der Waals surface area contributed by atoms with E-state index in [4.69, 9.17) is 11.5 Å². The van der Waals surface area contributed by atoms with Crippen LogP contribution < -0.4 is 11.5 Å². The molecule has 0 saturated carbocycles. The summed E-state index contributed by atoms with van der Waals surface area (Å²) < 4.78 is 0. The zero-order chi connectivity index (χ0) is 14.2. The lowest BCUT2D eigenvalue weighted by molar-refractivity contribution is -0.128. The van der Waals surface area contributed by atoms with Crippen LogP contribution in [0.1, 0.15) is 29.3 Å². The number of nitrogens with two attached hydrogens (primary N) is 2. The van der Waals surface area contributed by atoms with E-state index in [1.165, 1.54) is 4.90 Å². The Morgan fingerprint density at radius 2 is 2.16 bits per heavy atom. The Morgan fingerprint density at radius 1 is 1.47 bits per heavy atom. The summed E-state index contributed by atoms with van der Waals surface area (Å²) in [6.07, 6.45) is 0.201. The third-order valence-corrected chi connectivity index (χ3v) is 3.34. The molecule has 6 nitrogen and oxygen atoms in total. The highest BCUT2D eigenvalue weighted by Crippen LogP contribution is 2.33. The van der Waals surface area contributed by atoms with E-state index >= 15 is 0 Å². The van der Waals surface area contributed by atoms with Gasteiger partial charge in [0.25, 0.3) is 0 Å². The van der Waals surface area contributed by atoms with Gasteiger partial charge in [-0.05, 0) is 24.6 Å². The summed E-state index contributed by atoms with van der Waals surface area (Å²) in [5.41, 5.74) is 11.4. The Balaban J connectivity index is 2.48. The number of hydrogen-bond acceptors (Lipinski definition) is 4. The molecule has 1 aromatic rings. The number of guanidine groups is 1. The average molecular weight is 260 g/mol. The summed E-state index contributed by atoms with van der Waals surface area (Å²) in [7, 11) is 1.58. The Morgan fingerprint density at radius 3 is 2.74 bits per heavy atom. The van der Waals surface area contributed by atoms with Crippen LogP contribution in [0.3, 0.4) is 0 Å². The molecule has 19 heavy (non-hydrogen) atoms. The Labute approximate surface area is 111 Å². The highest BCUT2D eigenvalue weighted by atomic mass is 16.2. The fraction of sp³-hybridized carbons (Fsp3) is 0.308. The highest BCUT2D eigenvalue weighted by Gasteiger charge is 2.36. The van der Waals surface area contributed by atoms with E-state index in [2.05, 4.69) is 4.99 Å². The molecule has 1 aliphatic heterocycles. The fourth-order valence-corrected chi connectivity index (χ4v) is 2.08. The van der Waals surface area contributed by atoms with Crippen molar-refractivity contribution in [3.05, 3.63) is 35.4 Å². The molecule has 0 aliphatic carbocycles. The maximum absolute atomic E-state index is 11.9. The van der Waals surface area contributed by atoms with Crippen molar-refractivity contribution in [2.45, 2.75) is 18.9 Å². The number of benzene rings is 1. The van der Waals surface area contributed by atoms with Crippen molar-refractivity contribution < 1.29 is 9.59 Å². The highest BCUT2D eigenvalue weighted by molar-refractivity contribution is 5.99. The third-order valence-electron chi connectivity index (χ3n) is 3.34. The van der Waals surface area contributed by atoms with E-state index < -0.39 is 11.4 Å². The fourth-order valence-electron chi connectivity index (χ4n) is 2.08. The number of carbonyl (C=O) groups excluding carboxylic acids is 2. The van der Waals surface area contributed by atoms with Gasteiger partial charge in [0.2, 0.25) is 11.8 Å². The van der Waals surface area contributed by atoms with Crippen molar-refractivity contribution in [1.29, 1.82) is 0 Å².